The van der Waals surface area contributed by atoms with Crippen LogP contribution in [0.1, 0.15) is 5.56 Å². The highest BCUT2D eigenvalue weighted by molar-refractivity contribution is 8.13. The second kappa shape index (κ2) is 8.22. The van der Waals surface area contributed by atoms with Gasteiger partial charge in [0.25, 0.3) is 5.91 Å². The van der Waals surface area contributed by atoms with Gasteiger partial charge in [0.15, 0.2) is 11.8 Å². The molecule has 0 radical (unpaired) electrons. The molecule has 1 aliphatic heterocycles. The Labute approximate surface area is 162 Å². The molecule has 27 heavy (non-hydrogen) atoms. The summed E-state index contributed by atoms with van der Waals surface area (Å²) in [4.78, 5) is 22.9. The lowest BCUT2D eigenvalue weighted by Gasteiger charge is -2.18. The predicted octanol–water partition coefficient (Wildman–Crippen LogP) is 3.75. The number of thioether (sulfide) groups is 1. The van der Waals surface area contributed by atoms with Crippen LogP contribution in [0, 0.1) is 0 Å². The molecule has 0 fully saturated rings. The molecule has 0 spiro atoms. The van der Waals surface area contributed by atoms with E-state index in [4.69, 9.17) is 4.74 Å². The first-order valence-corrected chi connectivity index (χ1v) is 9.76. The number of nitrogens with zero attached hydrogens (tertiary/aromatic N) is 3. The van der Waals surface area contributed by atoms with Crippen LogP contribution in [-0.2, 0) is 10.5 Å². The number of ether oxygens (including phenoxy) is 1. The molecular weight excluding hydrogens is 358 g/mol. The summed E-state index contributed by atoms with van der Waals surface area (Å²) in [5, 5.41) is 3.00. The van der Waals surface area contributed by atoms with Gasteiger partial charge in [0.1, 0.15) is 5.75 Å². The van der Waals surface area contributed by atoms with E-state index >= 15 is 0 Å². The van der Waals surface area contributed by atoms with Crippen molar-refractivity contribution in [1.29, 1.82) is 0 Å². The van der Waals surface area contributed by atoms with Gasteiger partial charge in [0.2, 0.25) is 0 Å². The van der Waals surface area contributed by atoms with E-state index in [9.17, 15) is 4.79 Å². The van der Waals surface area contributed by atoms with E-state index in [0.717, 1.165) is 27.3 Å². The average molecular weight is 377 g/mol. The van der Waals surface area contributed by atoms with Gasteiger partial charge in [0, 0.05) is 24.7 Å². The highest BCUT2D eigenvalue weighted by Crippen LogP contribution is 2.22. The Morgan fingerprint density at radius 2 is 2.00 bits per heavy atom. The predicted molar refractivity (Wildman–Crippen MR) is 109 cm³/mol. The maximum absolute atomic E-state index is 12.6. The Bertz CT molecular complexity index is 975. The Balaban J connectivity index is 1.34. The van der Waals surface area contributed by atoms with Gasteiger partial charge in [-0.2, -0.15) is 0 Å². The van der Waals surface area contributed by atoms with E-state index in [1.54, 1.807) is 22.9 Å². The fraction of sp³-hybridized carbons (Fsp3) is 0.190. The summed E-state index contributed by atoms with van der Waals surface area (Å²) in [5.41, 5.74) is 1.11. The SMILES string of the molecule is O=C(COc1ccc2ccccc2c1)N1CCN=C1SCc1cccnc1. The van der Waals surface area contributed by atoms with Crippen molar-refractivity contribution in [3.8, 4) is 5.75 Å². The van der Waals surface area contributed by atoms with E-state index < -0.39 is 0 Å². The van der Waals surface area contributed by atoms with Crippen molar-refractivity contribution in [3.63, 3.8) is 0 Å². The summed E-state index contributed by atoms with van der Waals surface area (Å²) >= 11 is 1.56. The number of hydrogen-bond acceptors (Lipinski definition) is 5. The maximum Gasteiger partial charge on any atom is 0.266 e. The van der Waals surface area contributed by atoms with Gasteiger partial charge in [-0.05, 0) is 34.5 Å². The smallest absolute Gasteiger partial charge is 0.266 e. The zero-order chi connectivity index (χ0) is 18.5. The summed E-state index contributed by atoms with van der Waals surface area (Å²) < 4.78 is 5.73. The van der Waals surface area contributed by atoms with E-state index in [-0.39, 0.29) is 12.5 Å². The van der Waals surface area contributed by atoms with Crippen molar-refractivity contribution in [1.82, 2.24) is 9.88 Å². The first-order chi connectivity index (χ1) is 13.3. The van der Waals surface area contributed by atoms with Crippen LogP contribution in [0.15, 0.2) is 72.0 Å². The summed E-state index contributed by atoms with van der Waals surface area (Å²) in [6.07, 6.45) is 3.58. The molecule has 1 aromatic heterocycles. The number of aromatic nitrogens is 1. The molecule has 5 nitrogen and oxygen atoms in total. The minimum Gasteiger partial charge on any atom is -0.484 e. The topological polar surface area (TPSA) is 54.8 Å². The van der Waals surface area contributed by atoms with E-state index in [1.807, 2.05) is 54.7 Å². The van der Waals surface area contributed by atoms with Gasteiger partial charge in [-0.1, -0.05) is 48.2 Å². The molecule has 4 rings (SSSR count). The quantitative estimate of drug-likeness (QED) is 0.680. The third-order valence-corrected chi connectivity index (χ3v) is 5.36. The number of aliphatic imine (C=N–C) groups is 1. The summed E-state index contributed by atoms with van der Waals surface area (Å²) in [6, 6.07) is 17.9. The highest BCUT2D eigenvalue weighted by atomic mass is 32.2. The second-order valence-electron chi connectivity index (χ2n) is 6.16. The van der Waals surface area contributed by atoms with Crippen molar-refractivity contribution >= 4 is 33.6 Å². The number of carbonyl (C=O) groups excluding carboxylic acids is 1. The standard InChI is InChI=1S/C21H19N3O2S/c25-20(14-26-19-8-7-17-5-1-2-6-18(17)12-19)24-11-10-23-21(24)27-15-16-4-3-9-22-13-16/h1-9,12-13H,10-11,14-15H2. The molecule has 0 unspecified atom stereocenters. The molecule has 6 heteroatoms. The highest BCUT2D eigenvalue weighted by Gasteiger charge is 2.24. The van der Waals surface area contributed by atoms with Crippen LogP contribution in [0.4, 0.5) is 0 Å². The molecule has 0 bridgehead atoms. The second-order valence-corrected chi connectivity index (χ2v) is 7.10. The molecule has 0 N–H and O–H groups in total. The van der Waals surface area contributed by atoms with Gasteiger partial charge < -0.3 is 4.74 Å². The van der Waals surface area contributed by atoms with Gasteiger partial charge >= 0.3 is 0 Å². The van der Waals surface area contributed by atoms with Crippen molar-refractivity contribution in [2.45, 2.75) is 5.75 Å². The number of hydrogen-bond donors (Lipinski definition) is 0. The number of amidine groups is 1. The third-order valence-electron chi connectivity index (χ3n) is 4.28. The zero-order valence-corrected chi connectivity index (χ0v) is 15.6. The number of pyridine rings is 1. The lowest BCUT2D eigenvalue weighted by molar-refractivity contribution is -0.128. The Morgan fingerprint density at radius 1 is 1.11 bits per heavy atom. The summed E-state index contributed by atoms with van der Waals surface area (Å²) in [7, 11) is 0. The van der Waals surface area contributed by atoms with E-state index in [1.165, 1.54) is 0 Å². The lowest BCUT2D eigenvalue weighted by Crippen LogP contribution is -2.36. The van der Waals surface area contributed by atoms with Crippen LogP contribution >= 0.6 is 11.8 Å². The molecule has 0 aliphatic carbocycles. The van der Waals surface area contributed by atoms with Gasteiger partial charge in [-0.3, -0.25) is 19.7 Å². The first-order valence-electron chi connectivity index (χ1n) is 8.78. The number of rotatable bonds is 5. The molecular formula is C21H19N3O2S. The van der Waals surface area contributed by atoms with E-state index in [0.29, 0.717) is 18.8 Å². The van der Waals surface area contributed by atoms with Crippen LogP contribution in [0.3, 0.4) is 0 Å². The number of fused-ring (bicyclic) bond motifs is 1. The molecule has 136 valence electrons. The van der Waals surface area contributed by atoms with Crippen LogP contribution in [-0.4, -0.2) is 40.7 Å². The van der Waals surface area contributed by atoms with Crippen molar-refractivity contribution in [3.05, 3.63) is 72.6 Å². The third kappa shape index (κ3) is 4.28. The Kier molecular flexibility index (Phi) is 5.34. The monoisotopic (exact) mass is 377 g/mol. The largest absolute Gasteiger partial charge is 0.484 e. The van der Waals surface area contributed by atoms with E-state index in [2.05, 4.69) is 16.0 Å². The normalized spacial score (nSPS) is 13.6. The molecule has 1 aliphatic rings. The molecule has 0 saturated carbocycles. The molecule has 0 atom stereocenters. The Hall–Kier alpha value is -2.86. The minimum atomic E-state index is -0.0712. The summed E-state index contributed by atoms with van der Waals surface area (Å²) in [6.45, 7) is 1.25. The zero-order valence-electron chi connectivity index (χ0n) is 14.7. The minimum absolute atomic E-state index is 0.00477. The lowest BCUT2D eigenvalue weighted by atomic mass is 10.1. The summed E-state index contributed by atoms with van der Waals surface area (Å²) in [5.74, 6) is 1.36. The van der Waals surface area contributed by atoms with Crippen molar-refractivity contribution in [2.75, 3.05) is 19.7 Å². The van der Waals surface area contributed by atoms with Crippen LogP contribution in [0.25, 0.3) is 10.8 Å². The maximum atomic E-state index is 12.6. The molecule has 0 saturated heterocycles. The van der Waals surface area contributed by atoms with Crippen LogP contribution in [0.5, 0.6) is 5.75 Å². The molecule has 2 aromatic carbocycles. The molecule has 1 amide bonds. The first kappa shape index (κ1) is 17.5. The fourth-order valence-electron chi connectivity index (χ4n) is 2.89. The number of benzene rings is 2. The van der Waals surface area contributed by atoms with Crippen molar-refractivity contribution in [2.24, 2.45) is 4.99 Å². The average Bonchev–Trinajstić information content (AvgIpc) is 3.20. The van der Waals surface area contributed by atoms with Gasteiger partial charge in [0.05, 0.1) is 6.54 Å². The Morgan fingerprint density at radius 3 is 2.85 bits per heavy atom. The molecule has 2 heterocycles. The number of amides is 1. The van der Waals surface area contributed by atoms with Crippen LogP contribution in [0.2, 0.25) is 0 Å². The van der Waals surface area contributed by atoms with Crippen LogP contribution < -0.4 is 4.74 Å². The fourth-order valence-corrected chi connectivity index (χ4v) is 3.89. The van der Waals surface area contributed by atoms with Gasteiger partial charge in [-0.15, -0.1) is 0 Å². The number of carbonyl (C=O) groups is 1. The van der Waals surface area contributed by atoms with Crippen molar-refractivity contribution < 1.29 is 9.53 Å². The molecule has 3 aromatic rings. The van der Waals surface area contributed by atoms with Gasteiger partial charge in [-0.25, -0.2) is 0 Å².